The SMILES string of the molecule is O=C1C=CC(O)(C(F)(F)F)C=C1. The molecule has 12 heavy (non-hydrogen) atoms. The summed E-state index contributed by atoms with van der Waals surface area (Å²) in [5.41, 5.74) is -2.99. The van der Waals surface area contributed by atoms with Crippen molar-refractivity contribution in [1.29, 1.82) is 0 Å². The fourth-order valence-electron chi connectivity index (χ4n) is 0.718. The predicted octanol–water partition coefficient (Wildman–Crippen LogP) is 0.975. The average molecular weight is 178 g/mol. The van der Waals surface area contributed by atoms with Gasteiger partial charge in [-0.25, -0.2) is 0 Å². The maximum Gasteiger partial charge on any atom is 0.424 e. The molecule has 0 saturated carbocycles. The largest absolute Gasteiger partial charge is 0.424 e. The van der Waals surface area contributed by atoms with Crippen LogP contribution in [0.25, 0.3) is 0 Å². The van der Waals surface area contributed by atoms with Gasteiger partial charge in [-0.05, 0) is 24.3 Å². The van der Waals surface area contributed by atoms with E-state index in [0.29, 0.717) is 24.3 Å². The normalized spacial score (nSPS) is 21.5. The van der Waals surface area contributed by atoms with Crippen LogP contribution in [0.2, 0.25) is 0 Å². The monoisotopic (exact) mass is 178 g/mol. The third-order valence-corrected chi connectivity index (χ3v) is 1.46. The molecular formula is C7H5F3O2. The van der Waals surface area contributed by atoms with Crippen molar-refractivity contribution in [3.05, 3.63) is 24.3 Å². The first-order chi connectivity index (χ1) is 5.35. The molecule has 1 aliphatic carbocycles. The van der Waals surface area contributed by atoms with Crippen LogP contribution in [0, 0.1) is 0 Å². The zero-order chi connectivity index (χ0) is 9.41. The first kappa shape index (κ1) is 8.99. The van der Waals surface area contributed by atoms with Crippen molar-refractivity contribution in [2.45, 2.75) is 11.8 Å². The molecule has 66 valence electrons. The van der Waals surface area contributed by atoms with Gasteiger partial charge in [0.05, 0.1) is 0 Å². The van der Waals surface area contributed by atoms with Crippen molar-refractivity contribution in [3.63, 3.8) is 0 Å². The molecule has 1 N–H and O–H groups in total. The summed E-state index contributed by atoms with van der Waals surface area (Å²) in [5, 5.41) is 8.87. The number of aliphatic hydroxyl groups is 1. The van der Waals surface area contributed by atoms with E-state index in [4.69, 9.17) is 5.11 Å². The maximum atomic E-state index is 12.0. The van der Waals surface area contributed by atoms with Gasteiger partial charge >= 0.3 is 6.18 Å². The number of hydrogen-bond donors (Lipinski definition) is 1. The molecule has 2 nitrogen and oxygen atoms in total. The van der Waals surface area contributed by atoms with Gasteiger partial charge in [-0.1, -0.05) is 0 Å². The van der Waals surface area contributed by atoms with Crippen molar-refractivity contribution in [1.82, 2.24) is 0 Å². The van der Waals surface area contributed by atoms with Gasteiger partial charge in [0, 0.05) is 0 Å². The number of allylic oxidation sites excluding steroid dienone is 2. The number of ketones is 1. The molecule has 0 atom stereocenters. The Kier molecular flexibility index (Phi) is 1.83. The van der Waals surface area contributed by atoms with E-state index in [-0.39, 0.29) is 0 Å². The maximum absolute atomic E-state index is 12.0. The topological polar surface area (TPSA) is 37.3 Å². The predicted molar refractivity (Wildman–Crippen MR) is 34.3 cm³/mol. The molecule has 0 bridgehead atoms. The van der Waals surface area contributed by atoms with Gasteiger partial charge in [0.15, 0.2) is 11.4 Å². The number of carbonyl (C=O) groups is 1. The fraction of sp³-hybridized carbons (Fsp3) is 0.286. The van der Waals surface area contributed by atoms with E-state index >= 15 is 0 Å². The highest BCUT2D eigenvalue weighted by molar-refractivity contribution is 6.00. The van der Waals surface area contributed by atoms with Crippen LogP contribution in [-0.2, 0) is 4.79 Å². The molecule has 0 spiro atoms. The van der Waals surface area contributed by atoms with Crippen molar-refractivity contribution < 1.29 is 23.1 Å². The first-order valence-corrected chi connectivity index (χ1v) is 3.07. The smallest absolute Gasteiger partial charge is 0.373 e. The zero-order valence-corrected chi connectivity index (χ0v) is 5.80. The van der Waals surface area contributed by atoms with Crippen LogP contribution in [0.1, 0.15) is 0 Å². The number of rotatable bonds is 0. The summed E-state index contributed by atoms with van der Waals surface area (Å²) in [6.45, 7) is 0. The molecule has 0 radical (unpaired) electrons. The second-order valence-electron chi connectivity index (χ2n) is 2.39. The van der Waals surface area contributed by atoms with Crippen molar-refractivity contribution in [2.24, 2.45) is 0 Å². The second-order valence-corrected chi connectivity index (χ2v) is 2.39. The van der Waals surface area contributed by atoms with E-state index < -0.39 is 17.6 Å². The minimum absolute atomic E-state index is 0.426. The molecule has 0 amide bonds. The van der Waals surface area contributed by atoms with Crippen LogP contribution < -0.4 is 0 Å². The summed E-state index contributed by atoms with van der Waals surface area (Å²) in [6.07, 6.45) is -2.55. The lowest BCUT2D eigenvalue weighted by atomic mass is 9.97. The minimum atomic E-state index is -4.78. The molecule has 0 heterocycles. The Balaban J connectivity index is 2.97. The molecule has 5 heteroatoms. The molecule has 0 aliphatic heterocycles. The van der Waals surface area contributed by atoms with Crippen molar-refractivity contribution in [3.8, 4) is 0 Å². The standard InChI is InChI=1S/C7H5F3O2/c8-7(9,10)6(12)3-1-5(11)2-4-6/h1-4,12H. The fourth-order valence-corrected chi connectivity index (χ4v) is 0.718. The van der Waals surface area contributed by atoms with Crippen LogP contribution in [0.15, 0.2) is 24.3 Å². The van der Waals surface area contributed by atoms with Gasteiger partial charge in [-0.15, -0.1) is 0 Å². The molecule has 0 saturated heterocycles. The molecule has 0 unspecified atom stereocenters. The highest BCUT2D eigenvalue weighted by atomic mass is 19.4. The van der Waals surface area contributed by atoms with E-state index in [9.17, 15) is 18.0 Å². The van der Waals surface area contributed by atoms with E-state index in [1.165, 1.54) is 0 Å². The summed E-state index contributed by atoms with van der Waals surface area (Å²) in [5.74, 6) is -0.566. The number of hydrogen-bond acceptors (Lipinski definition) is 2. The van der Waals surface area contributed by atoms with Crippen LogP contribution in [-0.4, -0.2) is 22.7 Å². The molecule has 0 aromatic rings. The van der Waals surface area contributed by atoms with Gasteiger partial charge in [-0.2, -0.15) is 13.2 Å². The summed E-state index contributed by atoms with van der Waals surface area (Å²) < 4.78 is 36.0. The quantitative estimate of drug-likeness (QED) is 0.600. The first-order valence-electron chi connectivity index (χ1n) is 3.07. The lowest BCUT2D eigenvalue weighted by Crippen LogP contribution is -2.42. The van der Waals surface area contributed by atoms with Gasteiger partial charge in [0.2, 0.25) is 0 Å². The third-order valence-electron chi connectivity index (χ3n) is 1.46. The van der Waals surface area contributed by atoms with Gasteiger partial charge in [-0.3, -0.25) is 4.79 Å². The number of carbonyl (C=O) groups excluding carboxylic acids is 1. The van der Waals surface area contributed by atoms with Crippen LogP contribution in [0.4, 0.5) is 13.2 Å². The summed E-state index contributed by atoms with van der Waals surface area (Å²) >= 11 is 0. The average Bonchev–Trinajstić information content (AvgIpc) is 1.93. The molecule has 1 aliphatic rings. The van der Waals surface area contributed by atoms with Crippen LogP contribution in [0.5, 0.6) is 0 Å². The molecular weight excluding hydrogens is 173 g/mol. The minimum Gasteiger partial charge on any atom is -0.373 e. The third kappa shape index (κ3) is 1.40. The van der Waals surface area contributed by atoms with Crippen molar-refractivity contribution in [2.75, 3.05) is 0 Å². The summed E-state index contributed by atoms with van der Waals surface area (Å²) in [4.78, 5) is 10.4. The van der Waals surface area contributed by atoms with E-state index in [0.717, 1.165) is 0 Å². The Bertz CT molecular complexity index is 246. The highest BCUT2D eigenvalue weighted by Crippen LogP contribution is 2.33. The van der Waals surface area contributed by atoms with E-state index in [2.05, 4.69) is 0 Å². The Morgan fingerprint density at radius 2 is 1.67 bits per heavy atom. The number of alkyl halides is 3. The Morgan fingerprint density at radius 1 is 1.25 bits per heavy atom. The summed E-state index contributed by atoms with van der Waals surface area (Å²) in [7, 11) is 0. The molecule has 0 fully saturated rings. The molecule has 0 aromatic heterocycles. The number of halogens is 3. The Hall–Kier alpha value is -1.10. The zero-order valence-electron chi connectivity index (χ0n) is 5.80. The summed E-state index contributed by atoms with van der Waals surface area (Å²) in [6, 6.07) is 0. The van der Waals surface area contributed by atoms with Crippen molar-refractivity contribution >= 4 is 5.78 Å². The lowest BCUT2D eigenvalue weighted by Gasteiger charge is -2.24. The molecule has 1 rings (SSSR count). The van der Waals surface area contributed by atoms with Gasteiger partial charge in [0.1, 0.15) is 0 Å². The Labute approximate surface area is 66.0 Å². The molecule has 0 aromatic carbocycles. The van der Waals surface area contributed by atoms with Gasteiger partial charge < -0.3 is 5.11 Å². The van der Waals surface area contributed by atoms with Gasteiger partial charge in [0.25, 0.3) is 0 Å². The van der Waals surface area contributed by atoms with Crippen LogP contribution in [0.3, 0.4) is 0 Å². The lowest BCUT2D eigenvalue weighted by molar-refractivity contribution is -0.220. The Morgan fingerprint density at radius 3 is 2.00 bits per heavy atom. The van der Waals surface area contributed by atoms with Crippen LogP contribution >= 0.6 is 0 Å². The van der Waals surface area contributed by atoms with E-state index in [1.807, 2.05) is 0 Å². The van der Waals surface area contributed by atoms with E-state index in [1.54, 1.807) is 0 Å². The second kappa shape index (κ2) is 2.45. The highest BCUT2D eigenvalue weighted by Gasteiger charge is 2.50.